The van der Waals surface area contributed by atoms with Gasteiger partial charge in [0, 0.05) is 35.3 Å². The second-order valence-corrected chi connectivity index (χ2v) is 10.7. The third-order valence-corrected chi connectivity index (χ3v) is 6.64. The average Bonchev–Trinajstić information content (AvgIpc) is 3.02. The fraction of sp³-hybridized carbons (Fsp3) is 0.355. The van der Waals surface area contributed by atoms with Crippen LogP contribution in [0.1, 0.15) is 88.8 Å². The number of rotatable bonds is 17. The Morgan fingerprint density at radius 3 is 1.26 bits per heavy atom. The van der Waals surface area contributed by atoms with Crippen molar-refractivity contribution in [3.63, 3.8) is 0 Å². The first-order valence-corrected chi connectivity index (χ1v) is 15.1. The monoisotopic (exact) mass is 646 g/mol. The summed E-state index contributed by atoms with van der Waals surface area (Å²) in [6.07, 6.45) is 6.09. The summed E-state index contributed by atoms with van der Waals surface area (Å²) >= 11 is 0. The second kappa shape index (κ2) is 19.6. The Balaban J connectivity index is 1.77. The number of hydrogen-bond donors (Lipinski definition) is 8. The molecule has 0 aliphatic rings. The molecule has 16 nitrogen and oxygen atoms in total. The molecular weight excluding hydrogens is 600 g/mol. The lowest BCUT2D eigenvalue weighted by atomic mass is 10.0. The van der Waals surface area contributed by atoms with Gasteiger partial charge in [-0.05, 0) is 69.5 Å². The summed E-state index contributed by atoms with van der Waals surface area (Å²) in [5, 5.41) is 28.9. The lowest BCUT2D eigenvalue weighted by molar-refractivity contribution is -0.117. The van der Waals surface area contributed by atoms with Crippen LogP contribution in [0, 0.1) is 0 Å². The molecule has 0 bridgehead atoms. The van der Waals surface area contributed by atoms with E-state index in [9.17, 15) is 9.59 Å². The Morgan fingerprint density at radius 1 is 0.489 bits per heavy atom. The summed E-state index contributed by atoms with van der Waals surface area (Å²) in [7, 11) is 0. The Morgan fingerprint density at radius 2 is 0.851 bits per heavy atom. The van der Waals surface area contributed by atoms with E-state index in [4.69, 9.17) is 34.4 Å². The summed E-state index contributed by atoms with van der Waals surface area (Å²) < 4.78 is 0. The minimum atomic E-state index is -0.174. The first-order valence-electron chi connectivity index (χ1n) is 15.1. The van der Waals surface area contributed by atoms with Crippen molar-refractivity contribution in [2.45, 2.75) is 72.1 Å². The average molecular weight is 647 g/mol. The zero-order chi connectivity index (χ0) is 34.8. The van der Waals surface area contributed by atoms with Gasteiger partial charge in [0.2, 0.25) is 29.7 Å². The highest BCUT2D eigenvalue weighted by atomic mass is 16.2. The van der Waals surface area contributed by atoms with Crippen molar-refractivity contribution in [1.82, 2.24) is 0 Å². The Kier molecular flexibility index (Phi) is 15.6. The van der Waals surface area contributed by atoms with Crippen molar-refractivity contribution < 1.29 is 9.59 Å². The van der Waals surface area contributed by atoms with Gasteiger partial charge in [0.15, 0.2) is 0 Å². The van der Waals surface area contributed by atoms with E-state index in [1.54, 1.807) is 32.9 Å². The molecule has 0 saturated heterocycles. The van der Waals surface area contributed by atoms with E-state index in [-0.39, 0.29) is 29.7 Å². The summed E-state index contributed by atoms with van der Waals surface area (Å²) in [5.41, 5.74) is 37.3. The van der Waals surface area contributed by atoms with Crippen LogP contribution in [-0.4, -0.2) is 46.8 Å². The van der Waals surface area contributed by atoms with Gasteiger partial charge in [0.1, 0.15) is 0 Å². The third-order valence-electron chi connectivity index (χ3n) is 6.64. The van der Waals surface area contributed by atoms with E-state index >= 15 is 0 Å². The highest BCUT2D eigenvalue weighted by Gasteiger charge is 2.10. The van der Waals surface area contributed by atoms with Gasteiger partial charge in [0.05, 0.1) is 17.1 Å². The van der Waals surface area contributed by atoms with Crippen LogP contribution in [0.25, 0.3) is 0 Å². The molecule has 2 aromatic carbocycles. The van der Waals surface area contributed by atoms with Crippen LogP contribution in [0.15, 0.2) is 73.1 Å². The molecule has 2 aromatic rings. The van der Waals surface area contributed by atoms with Crippen LogP contribution >= 0.6 is 0 Å². The molecule has 0 spiro atoms. The number of amides is 2. The van der Waals surface area contributed by atoms with Gasteiger partial charge in [-0.3, -0.25) is 9.59 Å². The number of unbranched alkanes of at least 4 members (excludes halogenated alkanes) is 5. The molecule has 0 fully saturated rings. The number of anilines is 2. The van der Waals surface area contributed by atoms with E-state index < -0.39 is 0 Å². The van der Waals surface area contributed by atoms with Crippen LogP contribution in [0.3, 0.4) is 0 Å². The highest BCUT2D eigenvalue weighted by Crippen LogP contribution is 2.19. The quantitative estimate of drug-likeness (QED) is 0.0545. The predicted molar refractivity (Wildman–Crippen MR) is 191 cm³/mol. The largest absolute Gasteiger partial charge is 0.369 e. The Labute approximate surface area is 274 Å². The van der Waals surface area contributed by atoms with E-state index in [0.29, 0.717) is 52.5 Å². The number of nitrogens with one attached hydrogen (secondary N) is 2. The number of hydrogen-bond acceptors (Lipinski definition) is 8. The van der Waals surface area contributed by atoms with Crippen LogP contribution in [0.5, 0.6) is 0 Å². The highest BCUT2D eigenvalue weighted by molar-refractivity contribution is 6.06. The van der Waals surface area contributed by atoms with Crippen LogP contribution in [0.4, 0.5) is 11.4 Å². The van der Waals surface area contributed by atoms with Crippen molar-refractivity contribution in [1.29, 1.82) is 0 Å². The van der Waals surface area contributed by atoms with Crippen molar-refractivity contribution in [3.8, 4) is 0 Å². The third kappa shape index (κ3) is 15.2. The van der Waals surface area contributed by atoms with Gasteiger partial charge < -0.3 is 45.0 Å². The number of carbonyl (C=O) groups excluding carboxylic acids is 2. The lowest BCUT2D eigenvalue weighted by Gasteiger charge is -2.11. The lowest BCUT2D eigenvalue weighted by Crippen LogP contribution is -2.22. The summed E-state index contributed by atoms with van der Waals surface area (Å²) in [6, 6.07) is 12.7. The molecule has 0 unspecified atom stereocenters. The number of carbonyl (C=O) groups is 2. The molecule has 0 radical (unpaired) electrons. The topological polar surface area (TPSA) is 288 Å². The fourth-order valence-corrected chi connectivity index (χ4v) is 4.21. The molecule has 0 heterocycles. The maximum atomic E-state index is 12.7. The molecule has 16 heteroatoms. The van der Waals surface area contributed by atoms with E-state index in [0.717, 1.165) is 44.1 Å². The Bertz CT molecular complexity index is 1490. The first-order chi connectivity index (χ1) is 22.3. The van der Waals surface area contributed by atoms with Gasteiger partial charge in [-0.25, -0.2) is 0 Å². The number of nitrogens with two attached hydrogens (primary N) is 6. The molecule has 0 aliphatic heterocycles. The minimum Gasteiger partial charge on any atom is -0.369 e. The molecule has 0 saturated carbocycles. The normalized spacial score (nSPS) is 11.8. The predicted octanol–water partition coefficient (Wildman–Crippen LogP) is 2.38. The molecule has 14 N–H and O–H groups in total. The molecule has 0 aliphatic carbocycles. The van der Waals surface area contributed by atoms with Crippen LogP contribution in [-0.2, 0) is 9.59 Å². The molecule has 252 valence electrons. The Hall–Kier alpha value is -5.80. The number of nitrogens with zero attached hydrogens (tertiary/aromatic N) is 6. The zero-order valence-electron chi connectivity index (χ0n) is 27.2. The van der Waals surface area contributed by atoms with Crippen LogP contribution < -0.4 is 45.0 Å². The molecule has 0 aromatic heterocycles. The van der Waals surface area contributed by atoms with Gasteiger partial charge in [-0.15, -0.1) is 15.3 Å². The summed E-state index contributed by atoms with van der Waals surface area (Å²) in [4.78, 5) is 25.1. The zero-order valence-corrected chi connectivity index (χ0v) is 27.2. The van der Waals surface area contributed by atoms with E-state index in [2.05, 4.69) is 41.2 Å². The minimum absolute atomic E-state index is 0.0389. The molecular formula is C31H46N14O2. The van der Waals surface area contributed by atoms with Crippen molar-refractivity contribution in [2.75, 3.05) is 10.6 Å². The standard InChI is InChI=1S/C31H46N14O2/c1-19(40-43-29(32)33)22-12-14-25(15-13-22)38-27(46)10-8-6-4-5-7-9-11-28(47)39-26-17-23(20(2)41-44-30(34)35)16-24(18-26)21(3)42-45-31(36)37/h12-18H,4-11H2,1-3H3,(H,38,46)(H,39,47)(H4,32,33,43)(H4,34,35,44)(H4,36,37,45)/b40-19+,41-20+,42-21+. The maximum absolute atomic E-state index is 12.7. The van der Waals surface area contributed by atoms with Gasteiger partial charge in [0.25, 0.3) is 0 Å². The van der Waals surface area contributed by atoms with Gasteiger partial charge >= 0.3 is 0 Å². The molecule has 2 amide bonds. The summed E-state index contributed by atoms with van der Waals surface area (Å²) in [5.74, 6) is -0.618. The van der Waals surface area contributed by atoms with E-state index in [1.165, 1.54) is 0 Å². The summed E-state index contributed by atoms with van der Waals surface area (Å²) in [6.45, 7) is 5.27. The molecule has 47 heavy (non-hydrogen) atoms. The maximum Gasteiger partial charge on any atom is 0.224 e. The first kappa shape index (κ1) is 37.4. The van der Waals surface area contributed by atoms with Crippen molar-refractivity contribution in [2.24, 2.45) is 65.0 Å². The van der Waals surface area contributed by atoms with Crippen molar-refractivity contribution in [3.05, 3.63) is 59.2 Å². The van der Waals surface area contributed by atoms with Gasteiger partial charge in [-0.1, -0.05) is 37.8 Å². The fourth-order valence-electron chi connectivity index (χ4n) is 4.21. The SMILES string of the molecule is C/C(=N\N=C(N)N)c1ccc(NC(=O)CCCCCCCCC(=O)Nc2cc(/C(C)=N/N=C(N)N)cc(/C(C)=N/N=C(N)N)c2)cc1. The van der Waals surface area contributed by atoms with Crippen molar-refractivity contribution >= 4 is 58.2 Å². The molecule has 2 rings (SSSR count). The van der Waals surface area contributed by atoms with E-state index in [1.807, 2.05) is 30.3 Å². The number of guanidine groups is 3. The smallest absolute Gasteiger partial charge is 0.224 e. The second-order valence-electron chi connectivity index (χ2n) is 10.7. The van der Waals surface area contributed by atoms with Crippen LogP contribution in [0.2, 0.25) is 0 Å². The molecule has 0 atom stereocenters. The van der Waals surface area contributed by atoms with Gasteiger partial charge in [-0.2, -0.15) is 15.3 Å². The number of benzene rings is 2.